The van der Waals surface area contributed by atoms with Crippen LogP contribution < -0.4 is 10.6 Å². The quantitative estimate of drug-likeness (QED) is 0.801. The van der Waals surface area contributed by atoms with E-state index in [4.69, 9.17) is 18.0 Å². The Morgan fingerprint density at radius 1 is 1.56 bits per heavy atom. The molecule has 1 aliphatic rings. The Bertz CT molecular complexity index is 466. The molecule has 3 N–H and O–H groups in total. The van der Waals surface area contributed by atoms with E-state index in [1.807, 2.05) is 17.9 Å². The second kappa shape index (κ2) is 5.20. The maximum absolute atomic E-state index is 13.8. The Kier molecular flexibility index (Phi) is 3.82. The summed E-state index contributed by atoms with van der Waals surface area (Å²) in [4.78, 5) is 2.11. The van der Waals surface area contributed by atoms with Gasteiger partial charge < -0.3 is 15.7 Å². The Hall–Kier alpha value is -1.20. The van der Waals surface area contributed by atoms with Gasteiger partial charge in [0.1, 0.15) is 10.8 Å². The van der Waals surface area contributed by atoms with Crippen molar-refractivity contribution in [2.75, 3.05) is 18.0 Å². The van der Waals surface area contributed by atoms with Gasteiger partial charge in [0.15, 0.2) is 0 Å². The molecule has 0 saturated carbocycles. The third-order valence-corrected chi connectivity index (χ3v) is 3.64. The van der Waals surface area contributed by atoms with Gasteiger partial charge in [-0.25, -0.2) is 4.39 Å². The van der Waals surface area contributed by atoms with Crippen molar-refractivity contribution in [1.82, 2.24) is 0 Å². The summed E-state index contributed by atoms with van der Waals surface area (Å²) in [6.07, 6.45) is 0.386. The molecule has 1 heterocycles. The van der Waals surface area contributed by atoms with Crippen LogP contribution in [0.4, 0.5) is 10.1 Å². The molecule has 18 heavy (non-hydrogen) atoms. The smallest absolute Gasteiger partial charge is 0.135 e. The number of nitrogens with two attached hydrogens (primary N) is 1. The summed E-state index contributed by atoms with van der Waals surface area (Å²) in [7, 11) is 0. The van der Waals surface area contributed by atoms with Gasteiger partial charge in [-0.3, -0.25) is 0 Å². The molecule has 0 radical (unpaired) electrons. The van der Waals surface area contributed by atoms with Crippen LogP contribution in [0.25, 0.3) is 0 Å². The molecular formula is C13H17FN2OS. The lowest BCUT2D eigenvalue weighted by Gasteiger charge is -2.36. The zero-order valence-electron chi connectivity index (χ0n) is 10.3. The van der Waals surface area contributed by atoms with Crippen molar-refractivity contribution >= 4 is 22.9 Å². The van der Waals surface area contributed by atoms with Crippen LogP contribution >= 0.6 is 12.2 Å². The molecule has 1 aromatic carbocycles. The fourth-order valence-corrected chi connectivity index (χ4v) is 2.57. The second-order valence-corrected chi connectivity index (χ2v) is 5.22. The molecule has 0 bridgehead atoms. The van der Waals surface area contributed by atoms with Crippen LogP contribution in [0.5, 0.6) is 0 Å². The van der Waals surface area contributed by atoms with Crippen molar-refractivity contribution in [1.29, 1.82) is 0 Å². The van der Waals surface area contributed by atoms with Gasteiger partial charge in [-0.05, 0) is 24.5 Å². The molecular weight excluding hydrogens is 251 g/mol. The number of nitrogens with zero attached hydrogens (tertiary/aromatic N) is 1. The number of hydrogen-bond donors (Lipinski definition) is 2. The van der Waals surface area contributed by atoms with Gasteiger partial charge in [-0.2, -0.15) is 0 Å². The minimum Gasteiger partial charge on any atom is -0.393 e. The fourth-order valence-electron chi connectivity index (χ4n) is 2.37. The summed E-state index contributed by atoms with van der Waals surface area (Å²) in [6, 6.07) is 4.84. The van der Waals surface area contributed by atoms with Crippen molar-refractivity contribution in [3.63, 3.8) is 0 Å². The van der Waals surface area contributed by atoms with Crippen LogP contribution in [0.3, 0.4) is 0 Å². The molecule has 1 aromatic rings. The predicted octanol–water partition coefficient (Wildman–Crippen LogP) is 1.67. The largest absolute Gasteiger partial charge is 0.393 e. The molecule has 0 aliphatic carbocycles. The monoisotopic (exact) mass is 268 g/mol. The molecule has 98 valence electrons. The van der Waals surface area contributed by atoms with Crippen LogP contribution in [0, 0.1) is 11.7 Å². The highest BCUT2D eigenvalue weighted by atomic mass is 32.1. The highest BCUT2D eigenvalue weighted by Crippen LogP contribution is 2.28. The number of thiocarbonyl (C=S) groups is 1. The van der Waals surface area contributed by atoms with Crippen LogP contribution in [0.1, 0.15) is 18.9 Å². The van der Waals surface area contributed by atoms with Gasteiger partial charge >= 0.3 is 0 Å². The summed E-state index contributed by atoms with van der Waals surface area (Å²) in [5.41, 5.74) is 6.62. The van der Waals surface area contributed by atoms with Gasteiger partial charge in [-0.15, -0.1) is 0 Å². The molecule has 0 spiro atoms. The fraction of sp³-hybridized carbons (Fsp3) is 0.462. The maximum atomic E-state index is 13.8. The Morgan fingerprint density at radius 3 is 2.89 bits per heavy atom. The van der Waals surface area contributed by atoms with E-state index in [9.17, 15) is 9.50 Å². The average Bonchev–Trinajstić information content (AvgIpc) is 2.32. The normalized spacial score (nSPS) is 24.1. The molecule has 0 aromatic heterocycles. The number of halogens is 1. The van der Waals surface area contributed by atoms with Gasteiger partial charge in [-0.1, -0.05) is 25.2 Å². The van der Waals surface area contributed by atoms with E-state index in [1.165, 1.54) is 6.07 Å². The van der Waals surface area contributed by atoms with Gasteiger partial charge in [0.05, 0.1) is 11.7 Å². The van der Waals surface area contributed by atoms with E-state index < -0.39 is 5.82 Å². The molecule has 2 unspecified atom stereocenters. The standard InChI is InChI=1S/C13H17FN2OS/c1-8-7-16(6-5-11(8)17)10-4-2-3-9(14)12(10)13(15)18/h2-4,8,11,17H,5-7H2,1H3,(H2,15,18). The molecule has 2 atom stereocenters. The first-order valence-corrected chi connectivity index (χ1v) is 6.43. The number of piperidine rings is 1. The highest BCUT2D eigenvalue weighted by Gasteiger charge is 2.26. The van der Waals surface area contributed by atoms with E-state index >= 15 is 0 Å². The number of rotatable bonds is 2. The number of hydrogen-bond acceptors (Lipinski definition) is 3. The van der Waals surface area contributed by atoms with E-state index in [0.717, 1.165) is 5.69 Å². The molecule has 5 heteroatoms. The van der Waals surface area contributed by atoms with E-state index in [1.54, 1.807) is 6.07 Å². The molecule has 1 aliphatic heterocycles. The lowest BCUT2D eigenvalue weighted by Crippen LogP contribution is -2.42. The van der Waals surface area contributed by atoms with Crippen molar-refractivity contribution < 1.29 is 9.50 Å². The third kappa shape index (κ3) is 2.47. The third-order valence-electron chi connectivity index (χ3n) is 3.44. The summed E-state index contributed by atoms with van der Waals surface area (Å²) in [6.45, 7) is 3.35. The van der Waals surface area contributed by atoms with E-state index in [-0.39, 0.29) is 17.0 Å². The number of benzene rings is 1. The predicted molar refractivity (Wildman–Crippen MR) is 74.3 cm³/mol. The molecule has 2 rings (SSSR count). The summed E-state index contributed by atoms with van der Waals surface area (Å²) >= 11 is 4.92. The number of aliphatic hydroxyl groups is 1. The first-order valence-electron chi connectivity index (χ1n) is 6.02. The van der Waals surface area contributed by atoms with Crippen molar-refractivity contribution in [3.8, 4) is 0 Å². The Labute approximate surface area is 111 Å². The molecule has 3 nitrogen and oxygen atoms in total. The van der Waals surface area contributed by atoms with Crippen LogP contribution in [0.15, 0.2) is 18.2 Å². The lowest BCUT2D eigenvalue weighted by molar-refractivity contribution is 0.0971. The van der Waals surface area contributed by atoms with Crippen LogP contribution in [-0.4, -0.2) is 29.3 Å². The Balaban J connectivity index is 2.34. The van der Waals surface area contributed by atoms with Gasteiger partial charge in [0.2, 0.25) is 0 Å². The highest BCUT2D eigenvalue weighted by molar-refractivity contribution is 7.80. The summed E-state index contributed by atoms with van der Waals surface area (Å²) < 4.78 is 13.8. The topological polar surface area (TPSA) is 49.5 Å². The molecule has 1 saturated heterocycles. The minimum absolute atomic E-state index is 0.0712. The van der Waals surface area contributed by atoms with Crippen molar-refractivity contribution in [3.05, 3.63) is 29.6 Å². The van der Waals surface area contributed by atoms with E-state index in [2.05, 4.69) is 0 Å². The van der Waals surface area contributed by atoms with Gasteiger partial charge in [0, 0.05) is 18.8 Å². The average molecular weight is 268 g/mol. The zero-order valence-corrected chi connectivity index (χ0v) is 11.1. The zero-order chi connectivity index (χ0) is 13.3. The second-order valence-electron chi connectivity index (χ2n) is 4.78. The molecule has 0 amide bonds. The SMILES string of the molecule is CC1CN(c2cccc(F)c2C(N)=S)CCC1O. The number of anilines is 1. The van der Waals surface area contributed by atoms with Crippen molar-refractivity contribution in [2.45, 2.75) is 19.4 Å². The summed E-state index contributed by atoms with van der Waals surface area (Å²) in [5.74, 6) is -0.236. The van der Waals surface area contributed by atoms with Crippen LogP contribution in [0.2, 0.25) is 0 Å². The minimum atomic E-state index is -0.390. The number of aliphatic hydroxyl groups excluding tert-OH is 1. The van der Waals surface area contributed by atoms with Crippen LogP contribution in [-0.2, 0) is 0 Å². The Morgan fingerprint density at radius 2 is 2.28 bits per heavy atom. The molecule has 1 fully saturated rings. The first kappa shape index (κ1) is 13.2. The maximum Gasteiger partial charge on any atom is 0.135 e. The van der Waals surface area contributed by atoms with Crippen molar-refractivity contribution in [2.24, 2.45) is 11.7 Å². The summed E-state index contributed by atoms with van der Waals surface area (Å²) in [5, 5.41) is 9.72. The van der Waals surface area contributed by atoms with E-state index in [0.29, 0.717) is 25.1 Å². The first-order chi connectivity index (χ1) is 8.50. The lowest BCUT2D eigenvalue weighted by atomic mass is 9.95. The van der Waals surface area contributed by atoms with Gasteiger partial charge in [0.25, 0.3) is 0 Å².